The zero-order chi connectivity index (χ0) is 11.7. The molecule has 0 aromatic heterocycles. The van der Waals surface area contributed by atoms with Crippen molar-refractivity contribution in [3.05, 3.63) is 12.2 Å². The lowest BCUT2D eigenvalue weighted by Crippen LogP contribution is -2.27. The molecule has 0 radical (unpaired) electrons. The first-order chi connectivity index (χ1) is 6.98. The number of hydrogen-bond acceptors (Lipinski definition) is 3. The maximum absolute atomic E-state index is 11.2. The van der Waals surface area contributed by atoms with E-state index in [9.17, 15) is 13.2 Å². The highest BCUT2D eigenvalue weighted by atomic mass is 32.2. The summed E-state index contributed by atoms with van der Waals surface area (Å²) < 4.78 is 24.9. The zero-order valence-corrected chi connectivity index (χ0v) is 9.59. The van der Waals surface area contributed by atoms with Crippen LogP contribution in [-0.4, -0.2) is 31.8 Å². The second kappa shape index (κ2) is 7.42. The van der Waals surface area contributed by atoms with E-state index in [2.05, 4.69) is 4.72 Å². The van der Waals surface area contributed by atoms with Crippen LogP contribution in [-0.2, 0) is 14.8 Å². The summed E-state index contributed by atoms with van der Waals surface area (Å²) >= 11 is 0. The van der Waals surface area contributed by atoms with E-state index in [0.717, 1.165) is 0 Å². The number of carboxylic acid groups (broad SMARTS) is 1. The molecule has 0 spiro atoms. The number of hydrogen-bond donors (Lipinski definition) is 2. The molecule has 0 amide bonds. The van der Waals surface area contributed by atoms with Gasteiger partial charge in [0.05, 0.1) is 5.75 Å². The molecule has 2 N–H and O–H groups in total. The molecule has 0 aliphatic heterocycles. The highest BCUT2D eigenvalue weighted by molar-refractivity contribution is 7.89. The fourth-order valence-electron chi connectivity index (χ4n) is 0.950. The summed E-state index contributed by atoms with van der Waals surface area (Å²) in [7, 11) is -3.30. The van der Waals surface area contributed by atoms with Crippen molar-refractivity contribution < 1.29 is 18.3 Å². The summed E-state index contributed by atoms with van der Waals surface area (Å²) in [5, 5.41) is 8.33. The van der Waals surface area contributed by atoms with Gasteiger partial charge >= 0.3 is 5.97 Å². The van der Waals surface area contributed by atoms with Crippen LogP contribution in [0.2, 0.25) is 0 Å². The van der Waals surface area contributed by atoms with Crippen molar-refractivity contribution in [1.29, 1.82) is 0 Å². The third-order valence-corrected chi connectivity index (χ3v) is 3.14. The maximum atomic E-state index is 11.2. The van der Waals surface area contributed by atoms with Crippen molar-refractivity contribution >= 4 is 16.0 Å². The van der Waals surface area contributed by atoms with Crippen LogP contribution in [0.3, 0.4) is 0 Å². The van der Waals surface area contributed by atoms with Crippen LogP contribution in [0.4, 0.5) is 0 Å². The van der Waals surface area contributed by atoms with Crippen LogP contribution in [0.15, 0.2) is 12.2 Å². The van der Waals surface area contributed by atoms with Gasteiger partial charge in [-0.1, -0.05) is 12.2 Å². The average Bonchev–Trinajstić information content (AvgIpc) is 2.11. The van der Waals surface area contributed by atoms with Gasteiger partial charge in [-0.15, -0.1) is 0 Å². The number of allylic oxidation sites excluding steroid dienone is 1. The molecule has 0 unspecified atom stereocenters. The standard InChI is InChI=1S/C9H17NO4S/c1-2-3-4-7-10-15(13,14)8-5-6-9(11)12/h2-3,10H,4-8H2,1H3,(H,11,12)/b3-2+. The number of nitrogens with one attached hydrogen (secondary N) is 1. The van der Waals surface area contributed by atoms with Gasteiger partial charge in [-0.3, -0.25) is 4.79 Å². The highest BCUT2D eigenvalue weighted by Crippen LogP contribution is 1.95. The second-order valence-corrected chi connectivity index (χ2v) is 4.99. The molecule has 0 fully saturated rings. The minimum atomic E-state index is -3.30. The Balaban J connectivity index is 3.72. The number of carbonyl (C=O) groups is 1. The van der Waals surface area contributed by atoms with Crippen molar-refractivity contribution in [3.63, 3.8) is 0 Å². The Morgan fingerprint density at radius 3 is 2.67 bits per heavy atom. The first kappa shape index (κ1) is 14.1. The van der Waals surface area contributed by atoms with Crippen molar-refractivity contribution in [3.8, 4) is 0 Å². The monoisotopic (exact) mass is 235 g/mol. The van der Waals surface area contributed by atoms with E-state index in [1.165, 1.54) is 0 Å². The molecule has 6 heteroatoms. The second-order valence-electron chi connectivity index (χ2n) is 3.07. The molecule has 0 aliphatic carbocycles. The highest BCUT2D eigenvalue weighted by Gasteiger charge is 2.09. The quantitative estimate of drug-likeness (QED) is 0.480. The molecular formula is C9H17NO4S. The number of rotatable bonds is 8. The fourth-order valence-corrected chi connectivity index (χ4v) is 2.05. The van der Waals surface area contributed by atoms with E-state index < -0.39 is 16.0 Å². The van der Waals surface area contributed by atoms with E-state index >= 15 is 0 Å². The summed E-state index contributed by atoms with van der Waals surface area (Å²) in [5.41, 5.74) is 0. The molecule has 0 saturated carbocycles. The predicted molar refractivity (Wildman–Crippen MR) is 58.1 cm³/mol. The normalized spacial score (nSPS) is 12.1. The summed E-state index contributed by atoms with van der Waals surface area (Å²) in [4.78, 5) is 10.2. The smallest absolute Gasteiger partial charge is 0.303 e. The molecule has 0 aliphatic rings. The molecule has 0 rings (SSSR count). The first-order valence-electron chi connectivity index (χ1n) is 4.78. The van der Waals surface area contributed by atoms with Crippen LogP contribution in [0, 0.1) is 0 Å². The van der Waals surface area contributed by atoms with E-state index in [1.807, 2.05) is 19.1 Å². The minimum absolute atomic E-state index is 0.115. The van der Waals surface area contributed by atoms with E-state index in [1.54, 1.807) is 0 Å². The van der Waals surface area contributed by atoms with Gasteiger partial charge in [-0.2, -0.15) is 0 Å². The van der Waals surface area contributed by atoms with Crippen molar-refractivity contribution in [1.82, 2.24) is 4.72 Å². The largest absolute Gasteiger partial charge is 0.481 e. The third-order valence-electron chi connectivity index (χ3n) is 1.67. The van der Waals surface area contributed by atoms with Crippen LogP contribution in [0.5, 0.6) is 0 Å². The Morgan fingerprint density at radius 2 is 2.13 bits per heavy atom. The molecule has 0 bridgehead atoms. The molecule has 15 heavy (non-hydrogen) atoms. The lowest BCUT2D eigenvalue weighted by Gasteiger charge is -2.03. The van der Waals surface area contributed by atoms with Gasteiger partial charge in [0.25, 0.3) is 0 Å². The van der Waals surface area contributed by atoms with Gasteiger partial charge in [-0.25, -0.2) is 13.1 Å². The fraction of sp³-hybridized carbons (Fsp3) is 0.667. The van der Waals surface area contributed by atoms with E-state index in [-0.39, 0.29) is 18.6 Å². The minimum Gasteiger partial charge on any atom is -0.481 e. The molecular weight excluding hydrogens is 218 g/mol. The Bertz CT molecular complexity index is 308. The van der Waals surface area contributed by atoms with Crippen LogP contribution < -0.4 is 4.72 Å². The molecule has 5 nitrogen and oxygen atoms in total. The number of aliphatic carboxylic acids is 1. The summed E-state index contributed by atoms with van der Waals surface area (Å²) in [6.07, 6.45) is 4.39. The first-order valence-corrected chi connectivity index (χ1v) is 6.43. The number of sulfonamides is 1. The third kappa shape index (κ3) is 9.42. The molecule has 0 aromatic carbocycles. The Morgan fingerprint density at radius 1 is 1.47 bits per heavy atom. The Kier molecular flexibility index (Phi) is 6.98. The summed E-state index contributed by atoms with van der Waals surface area (Å²) in [5.74, 6) is -1.10. The SMILES string of the molecule is C/C=C/CCNS(=O)(=O)CCCC(=O)O. The van der Waals surface area contributed by atoms with Crippen molar-refractivity contribution in [2.75, 3.05) is 12.3 Å². The molecule has 88 valence electrons. The molecule has 0 aromatic rings. The van der Waals surface area contributed by atoms with Crippen molar-refractivity contribution in [2.45, 2.75) is 26.2 Å². The van der Waals surface area contributed by atoms with E-state index in [0.29, 0.717) is 13.0 Å². The van der Waals surface area contributed by atoms with Gasteiger partial charge in [0.15, 0.2) is 0 Å². The molecule has 0 atom stereocenters. The van der Waals surface area contributed by atoms with Gasteiger partial charge in [-0.05, 0) is 19.8 Å². The lowest BCUT2D eigenvalue weighted by molar-refractivity contribution is -0.137. The lowest BCUT2D eigenvalue weighted by atomic mass is 10.3. The van der Waals surface area contributed by atoms with Crippen LogP contribution in [0.25, 0.3) is 0 Å². The van der Waals surface area contributed by atoms with E-state index in [4.69, 9.17) is 5.11 Å². The van der Waals surface area contributed by atoms with Crippen LogP contribution >= 0.6 is 0 Å². The Labute approximate surface area is 90.2 Å². The Hall–Kier alpha value is -0.880. The molecule has 0 heterocycles. The molecule has 0 saturated heterocycles. The van der Waals surface area contributed by atoms with Gasteiger partial charge in [0, 0.05) is 13.0 Å². The summed E-state index contributed by atoms with van der Waals surface area (Å²) in [6.45, 7) is 2.22. The topological polar surface area (TPSA) is 83.5 Å². The zero-order valence-electron chi connectivity index (χ0n) is 8.77. The van der Waals surface area contributed by atoms with Gasteiger partial charge in [0.1, 0.15) is 0 Å². The van der Waals surface area contributed by atoms with Gasteiger partial charge < -0.3 is 5.11 Å². The average molecular weight is 235 g/mol. The number of carboxylic acids is 1. The van der Waals surface area contributed by atoms with Gasteiger partial charge in [0.2, 0.25) is 10.0 Å². The predicted octanol–water partition coefficient (Wildman–Crippen LogP) is 0.737. The van der Waals surface area contributed by atoms with Crippen LogP contribution in [0.1, 0.15) is 26.2 Å². The summed E-state index contributed by atoms with van der Waals surface area (Å²) in [6, 6.07) is 0. The van der Waals surface area contributed by atoms with Crippen molar-refractivity contribution in [2.24, 2.45) is 0 Å². The maximum Gasteiger partial charge on any atom is 0.303 e.